The average Bonchev–Trinajstić information content (AvgIpc) is 2.80. The molecule has 0 saturated carbocycles. The lowest BCUT2D eigenvalue weighted by Gasteiger charge is -2.05. The molecule has 0 fully saturated rings. The Labute approximate surface area is 133 Å². The fourth-order valence-electron chi connectivity index (χ4n) is 2.44. The van der Waals surface area contributed by atoms with Gasteiger partial charge in [-0.3, -0.25) is 0 Å². The van der Waals surface area contributed by atoms with E-state index < -0.39 is 0 Å². The summed E-state index contributed by atoms with van der Waals surface area (Å²) in [5.41, 5.74) is 10.7. The van der Waals surface area contributed by atoms with Gasteiger partial charge in [-0.15, -0.1) is 0 Å². The number of hydrogen-bond acceptors (Lipinski definition) is 2. The maximum atomic E-state index is 6.26. The molecule has 3 nitrogen and oxygen atoms in total. The Bertz CT molecular complexity index is 791. The summed E-state index contributed by atoms with van der Waals surface area (Å²) in [6.07, 6.45) is 2.54. The van der Waals surface area contributed by atoms with Crippen LogP contribution in [-0.4, -0.2) is 15.9 Å². The van der Waals surface area contributed by atoms with Crippen molar-refractivity contribution in [3.8, 4) is 11.3 Å². The summed E-state index contributed by atoms with van der Waals surface area (Å²) in [6.45, 7) is 2.60. The van der Waals surface area contributed by atoms with Gasteiger partial charge in [0.05, 0.1) is 21.4 Å². The number of hydrogen-bond donors (Lipinski definition) is 1. The van der Waals surface area contributed by atoms with E-state index in [9.17, 15) is 0 Å². The summed E-state index contributed by atoms with van der Waals surface area (Å²) in [6, 6.07) is 9.97. The van der Waals surface area contributed by atoms with Gasteiger partial charge < -0.3 is 10.1 Å². The molecule has 0 spiro atoms. The van der Waals surface area contributed by atoms with E-state index in [1.807, 2.05) is 10.6 Å². The topological polar surface area (TPSA) is 43.3 Å². The van der Waals surface area contributed by atoms with Crippen LogP contribution in [0.5, 0.6) is 0 Å². The minimum absolute atomic E-state index is 0.538. The van der Waals surface area contributed by atoms with Crippen LogP contribution in [0.4, 0.5) is 0 Å². The molecule has 0 aliphatic heterocycles. The van der Waals surface area contributed by atoms with Crippen molar-refractivity contribution in [3.63, 3.8) is 0 Å². The molecule has 5 heteroatoms. The van der Waals surface area contributed by atoms with Crippen LogP contribution in [0.2, 0.25) is 10.0 Å². The molecular formula is C16H15Cl2N3. The Morgan fingerprint density at radius 1 is 1.19 bits per heavy atom. The highest BCUT2D eigenvalue weighted by atomic mass is 35.5. The Kier molecular flexibility index (Phi) is 3.89. The molecule has 2 N–H and O–H groups in total. The SMILES string of the molecule is Cc1ccc(-c2nc3c(Cl)cc(Cl)cn3c2CCN)cc1. The van der Waals surface area contributed by atoms with Crippen LogP contribution in [0.1, 0.15) is 11.3 Å². The predicted molar refractivity (Wildman–Crippen MR) is 88.1 cm³/mol. The highest BCUT2D eigenvalue weighted by Crippen LogP contribution is 2.30. The largest absolute Gasteiger partial charge is 0.330 e. The summed E-state index contributed by atoms with van der Waals surface area (Å²) in [7, 11) is 0. The van der Waals surface area contributed by atoms with Crippen LogP contribution in [0.25, 0.3) is 16.9 Å². The molecule has 0 unspecified atom stereocenters. The Morgan fingerprint density at radius 2 is 1.90 bits per heavy atom. The molecule has 0 aliphatic carbocycles. The molecule has 108 valence electrons. The minimum atomic E-state index is 0.538. The number of benzene rings is 1. The Balaban J connectivity index is 2.28. The highest BCUT2D eigenvalue weighted by Gasteiger charge is 2.16. The summed E-state index contributed by atoms with van der Waals surface area (Å²) in [5, 5.41) is 1.12. The highest BCUT2D eigenvalue weighted by molar-refractivity contribution is 6.36. The lowest BCUT2D eigenvalue weighted by Crippen LogP contribution is -2.06. The zero-order valence-corrected chi connectivity index (χ0v) is 13.1. The van der Waals surface area contributed by atoms with E-state index in [4.69, 9.17) is 28.9 Å². The first-order valence-electron chi connectivity index (χ1n) is 6.73. The lowest BCUT2D eigenvalue weighted by molar-refractivity contribution is 0.907. The molecule has 21 heavy (non-hydrogen) atoms. The molecule has 0 aliphatic rings. The van der Waals surface area contributed by atoms with E-state index in [-0.39, 0.29) is 0 Å². The molecule has 0 radical (unpaired) electrons. The number of halogens is 2. The summed E-state index contributed by atoms with van der Waals surface area (Å²) < 4.78 is 1.94. The Morgan fingerprint density at radius 3 is 2.57 bits per heavy atom. The zero-order valence-electron chi connectivity index (χ0n) is 11.6. The predicted octanol–water partition coefficient (Wildman–Crippen LogP) is 4.12. The van der Waals surface area contributed by atoms with Gasteiger partial charge in [0.2, 0.25) is 0 Å². The third-order valence-electron chi connectivity index (χ3n) is 3.45. The quantitative estimate of drug-likeness (QED) is 0.789. The van der Waals surface area contributed by atoms with Gasteiger partial charge in [0.25, 0.3) is 0 Å². The number of aromatic nitrogens is 2. The third kappa shape index (κ3) is 2.64. The first-order valence-corrected chi connectivity index (χ1v) is 7.49. The summed E-state index contributed by atoms with van der Waals surface area (Å²) in [4.78, 5) is 4.69. The van der Waals surface area contributed by atoms with Crippen LogP contribution in [0.15, 0.2) is 36.5 Å². The number of nitrogens with zero attached hydrogens (tertiary/aromatic N) is 2. The molecule has 2 heterocycles. The number of fused-ring (bicyclic) bond motifs is 1. The smallest absolute Gasteiger partial charge is 0.156 e. The van der Waals surface area contributed by atoms with Crippen molar-refractivity contribution in [1.29, 1.82) is 0 Å². The van der Waals surface area contributed by atoms with Crippen LogP contribution in [0, 0.1) is 6.92 Å². The van der Waals surface area contributed by atoms with Crippen molar-refractivity contribution in [2.24, 2.45) is 5.73 Å². The van der Waals surface area contributed by atoms with Crippen molar-refractivity contribution in [2.75, 3.05) is 6.54 Å². The first kappa shape index (κ1) is 14.4. The van der Waals surface area contributed by atoms with Crippen LogP contribution < -0.4 is 5.73 Å². The fourth-order valence-corrected chi connectivity index (χ4v) is 2.95. The summed E-state index contributed by atoms with van der Waals surface area (Å²) in [5.74, 6) is 0. The Hall–Kier alpha value is -1.55. The van der Waals surface area contributed by atoms with Crippen molar-refractivity contribution in [1.82, 2.24) is 9.38 Å². The van der Waals surface area contributed by atoms with Gasteiger partial charge >= 0.3 is 0 Å². The van der Waals surface area contributed by atoms with Gasteiger partial charge in [-0.05, 0) is 19.5 Å². The van der Waals surface area contributed by atoms with Crippen LogP contribution in [-0.2, 0) is 6.42 Å². The molecular weight excluding hydrogens is 305 g/mol. The van der Waals surface area contributed by atoms with E-state index in [1.54, 1.807) is 6.07 Å². The van der Waals surface area contributed by atoms with Gasteiger partial charge in [0.15, 0.2) is 5.65 Å². The van der Waals surface area contributed by atoms with Gasteiger partial charge in [0, 0.05) is 18.2 Å². The molecule has 2 aromatic heterocycles. The lowest BCUT2D eigenvalue weighted by atomic mass is 10.1. The van der Waals surface area contributed by atoms with Gasteiger partial charge in [-0.25, -0.2) is 4.98 Å². The number of rotatable bonds is 3. The number of pyridine rings is 1. The van der Waals surface area contributed by atoms with E-state index >= 15 is 0 Å². The number of nitrogens with two attached hydrogens (primary N) is 1. The average molecular weight is 320 g/mol. The molecule has 3 rings (SSSR count). The van der Waals surface area contributed by atoms with E-state index in [0.717, 1.165) is 17.0 Å². The van der Waals surface area contributed by atoms with Gasteiger partial charge in [-0.1, -0.05) is 53.0 Å². The van der Waals surface area contributed by atoms with Crippen molar-refractivity contribution in [3.05, 3.63) is 57.8 Å². The van der Waals surface area contributed by atoms with Crippen LogP contribution >= 0.6 is 23.2 Å². The van der Waals surface area contributed by atoms with Crippen LogP contribution in [0.3, 0.4) is 0 Å². The van der Waals surface area contributed by atoms with E-state index in [1.165, 1.54) is 5.56 Å². The van der Waals surface area contributed by atoms with Gasteiger partial charge in [-0.2, -0.15) is 0 Å². The van der Waals surface area contributed by atoms with Crippen molar-refractivity contribution < 1.29 is 0 Å². The molecule has 0 saturated heterocycles. The zero-order chi connectivity index (χ0) is 15.0. The number of imidazole rings is 1. The number of aryl methyl sites for hydroxylation is 1. The van der Waals surface area contributed by atoms with Crippen molar-refractivity contribution in [2.45, 2.75) is 13.3 Å². The maximum Gasteiger partial charge on any atom is 0.156 e. The van der Waals surface area contributed by atoms with Crippen molar-refractivity contribution >= 4 is 28.8 Å². The molecule has 0 amide bonds. The molecule has 3 aromatic rings. The third-order valence-corrected chi connectivity index (χ3v) is 3.93. The second-order valence-corrected chi connectivity index (χ2v) is 5.86. The second kappa shape index (κ2) is 5.68. The van der Waals surface area contributed by atoms with E-state index in [0.29, 0.717) is 28.7 Å². The maximum absolute atomic E-state index is 6.26. The minimum Gasteiger partial charge on any atom is -0.330 e. The summed E-state index contributed by atoms with van der Waals surface area (Å²) >= 11 is 12.4. The first-order chi connectivity index (χ1) is 10.1. The van der Waals surface area contributed by atoms with Gasteiger partial charge in [0.1, 0.15) is 0 Å². The standard InChI is InChI=1S/C16H15Cl2N3/c1-10-2-4-11(5-3-10)15-14(6-7-19)21-9-12(17)8-13(18)16(21)20-15/h2-5,8-9H,6-7,19H2,1H3. The molecule has 1 aromatic carbocycles. The molecule has 0 bridgehead atoms. The fraction of sp³-hybridized carbons (Fsp3) is 0.188. The molecule has 0 atom stereocenters. The second-order valence-electron chi connectivity index (χ2n) is 5.01. The monoisotopic (exact) mass is 319 g/mol. The van der Waals surface area contributed by atoms with E-state index in [2.05, 4.69) is 36.2 Å². The normalized spacial score (nSPS) is 11.2.